The summed E-state index contributed by atoms with van der Waals surface area (Å²) >= 11 is 10.2. The minimum atomic E-state index is 0.706. The summed E-state index contributed by atoms with van der Waals surface area (Å²) < 4.78 is 9.46. The van der Waals surface area contributed by atoms with Gasteiger partial charge in [-0.25, -0.2) is 0 Å². The minimum absolute atomic E-state index is 0.706. The first-order valence-corrected chi connectivity index (χ1v) is 12.3. The van der Waals surface area contributed by atoms with Crippen LogP contribution in [-0.4, -0.2) is 4.57 Å². The fourth-order valence-electron chi connectivity index (χ4n) is 5.09. The Hall–Kier alpha value is -3.53. The van der Waals surface area contributed by atoms with Crippen LogP contribution < -0.4 is 0 Å². The molecule has 0 spiro atoms. The van der Waals surface area contributed by atoms with E-state index in [1.54, 1.807) is 0 Å². The molecule has 4 heteroatoms. The molecular weight excluding hydrogens is 506 g/mol. The second-order valence-corrected chi connectivity index (χ2v) is 9.78. The predicted molar refractivity (Wildman–Crippen MR) is 146 cm³/mol. The maximum Gasteiger partial charge on any atom is 0.136 e. The maximum atomic E-state index is 6.57. The highest BCUT2D eigenvalue weighted by atomic mass is 79.9. The lowest BCUT2D eigenvalue weighted by atomic mass is 9.98. The first-order chi connectivity index (χ1) is 16.7. The van der Waals surface area contributed by atoms with Crippen LogP contribution in [0, 0.1) is 0 Å². The summed E-state index contributed by atoms with van der Waals surface area (Å²) in [5, 5.41) is 5.14. The number of furan rings is 1. The molecule has 2 heterocycles. The average molecular weight is 523 g/mol. The highest BCUT2D eigenvalue weighted by molar-refractivity contribution is 9.10. The van der Waals surface area contributed by atoms with Crippen molar-refractivity contribution in [1.82, 2.24) is 4.57 Å². The molecule has 0 aliphatic carbocycles. The largest absolute Gasteiger partial charge is 0.456 e. The van der Waals surface area contributed by atoms with Crippen molar-refractivity contribution in [2.24, 2.45) is 0 Å². The molecule has 0 bridgehead atoms. The fraction of sp³-hybridized carbons (Fsp3) is 0. The van der Waals surface area contributed by atoms with Crippen LogP contribution in [0.3, 0.4) is 0 Å². The van der Waals surface area contributed by atoms with Gasteiger partial charge in [0.05, 0.1) is 16.1 Å². The standard InChI is InChI=1S/C30H17BrClNO/c31-19-13-14-22-26(17-19)33(20-6-2-1-3-7-20)25-10-4-8-21(29(22)25)18-12-15-27-23(16-18)30-24(32)9-5-11-28(30)34-27/h1-17H. The van der Waals surface area contributed by atoms with Gasteiger partial charge in [-0.2, -0.15) is 0 Å². The Morgan fingerprint density at radius 2 is 1.50 bits per heavy atom. The third-order valence-corrected chi connectivity index (χ3v) is 7.33. The third kappa shape index (κ3) is 2.87. The number of rotatable bonds is 2. The Balaban J connectivity index is 1.59. The molecule has 0 amide bonds. The molecule has 2 aromatic heterocycles. The smallest absolute Gasteiger partial charge is 0.136 e. The molecule has 0 N–H and O–H groups in total. The first kappa shape index (κ1) is 19.9. The van der Waals surface area contributed by atoms with Crippen molar-refractivity contribution >= 4 is 71.3 Å². The number of halogens is 2. The summed E-state index contributed by atoms with van der Waals surface area (Å²) in [6, 6.07) is 35.7. The lowest BCUT2D eigenvalue weighted by molar-refractivity contribution is 0.669. The van der Waals surface area contributed by atoms with Crippen LogP contribution in [0.15, 0.2) is 112 Å². The zero-order chi connectivity index (χ0) is 22.8. The van der Waals surface area contributed by atoms with Gasteiger partial charge in [0.25, 0.3) is 0 Å². The van der Waals surface area contributed by atoms with E-state index < -0.39 is 0 Å². The highest BCUT2D eigenvalue weighted by Gasteiger charge is 2.17. The van der Waals surface area contributed by atoms with Crippen LogP contribution in [0.1, 0.15) is 0 Å². The van der Waals surface area contributed by atoms with Crippen molar-refractivity contribution in [2.45, 2.75) is 0 Å². The molecule has 0 saturated heterocycles. The number of para-hydroxylation sites is 1. The molecular formula is C30H17BrClNO. The monoisotopic (exact) mass is 521 g/mol. The average Bonchev–Trinajstić information content (AvgIpc) is 3.40. The molecule has 2 nitrogen and oxygen atoms in total. The Morgan fingerprint density at radius 3 is 2.38 bits per heavy atom. The number of fused-ring (bicyclic) bond motifs is 6. The van der Waals surface area contributed by atoms with Gasteiger partial charge in [0, 0.05) is 31.7 Å². The van der Waals surface area contributed by atoms with Gasteiger partial charge in [0.1, 0.15) is 11.2 Å². The second kappa shape index (κ2) is 7.49. The summed E-state index contributed by atoms with van der Waals surface area (Å²) in [7, 11) is 0. The van der Waals surface area contributed by atoms with Crippen molar-refractivity contribution in [3.8, 4) is 16.8 Å². The summed E-state index contributed by atoms with van der Waals surface area (Å²) in [4.78, 5) is 0. The van der Waals surface area contributed by atoms with Crippen LogP contribution in [0.4, 0.5) is 0 Å². The van der Waals surface area contributed by atoms with Crippen molar-refractivity contribution in [3.05, 3.63) is 113 Å². The van der Waals surface area contributed by atoms with E-state index in [4.69, 9.17) is 16.0 Å². The predicted octanol–water partition coefficient (Wildman–Crippen LogP) is 9.77. The van der Waals surface area contributed by atoms with Crippen molar-refractivity contribution < 1.29 is 4.42 Å². The van der Waals surface area contributed by atoms with E-state index in [9.17, 15) is 0 Å². The first-order valence-electron chi connectivity index (χ1n) is 11.1. The topological polar surface area (TPSA) is 18.1 Å². The van der Waals surface area contributed by atoms with E-state index in [1.165, 1.54) is 27.4 Å². The van der Waals surface area contributed by atoms with Gasteiger partial charge in [-0.15, -0.1) is 0 Å². The van der Waals surface area contributed by atoms with Gasteiger partial charge in [-0.05, 0) is 65.7 Å². The molecule has 0 radical (unpaired) electrons. The van der Waals surface area contributed by atoms with Crippen molar-refractivity contribution in [3.63, 3.8) is 0 Å². The van der Waals surface area contributed by atoms with E-state index in [1.807, 2.05) is 30.3 Å². The highest BCUT2D eigenvalue weighted by Crippen LogP contribution is 2.41. The van der Waals surface area contributed by atoms with E-state index in [2.05, 4.69) is 93.3 Å². The molecule has 7 rings (SSSR count). The number of benzene rings is 5. The Morgan fingerprint density at radius 1 is 0.647 bits per heavy atom. The third-order valence-electron chi connectivity index (χ3n) is 6.52. The molecule has 0 aliphatic rings. The van der Waals surface area contributed by atoms with Gasteiger partial charge in [0.2, 0.25) is 0 Å². The summed E-state index contributed by atoms with van der Waals surface area (Å²) in [6.45, 7) is 0. The normalized spacial score (nSPS) is 11.8. The van der Waals surface area contributed by atoms with Crippen LogP contribution in [-0.2, 0) is 0 Å². The molecule has 162 valence electrons. The Labute approximate surface area is 209 Å². The van der Waals surface area contributed by atoms with Gasteiger partial charge in [-0.1, -0.05) is 76.1 Å². The molecule has 0 atom stereocenters. The van der Waals surface area contributed by atoms with Crippen molar-refractivity contribution in [2.75, 3.05) is 0 Å². The molecule has 0 unspecified atom stereocenters. The lowest BCUT2D eigenvalue weighted by Gasteiger charge is -2.09. The minimum Gasteiger partial charge on any atom is -0.456 e. The van der Waals surface area contributed by atoms with Gasteiger partial charge in [-0.3, -0.25) is 0 Å². The molecule has 7 aromatic rings. The van der Waals surface area contributed by atoms with E-state index in [0.29, 0.717) is 5.02 Å². The van der Waals surface area contributed by atoms with Crippen LogP contribution in [0.2, 0.25) is 5.02 Å². The zero-order valence-corrected chi connectivity index (χ0v) is 20.3. The van der Waals surface area contributed by atoms with Crippen LogP contribution in [0.25, 0.3) is 60.6 Å². The van der Waals surface area contributed by atoms with Gasteiger partial charge in [0.15, 0.2) is 0 Å². The summed E-state index contributed by atoms with van der Waals surface area (Å²) in [6.07, 6.45) is 0. The molecule has 0 aliphatic heterocycles. The van der Waals surface area contributed by atoms with Gasteiger partial charge < -0.3 is 8.98 Å². The Kier molecular flexibility index (Phi) is 4.38. The number of hydrogen-bond acceptors (Lipinski definition) is 1. The summed E-state index contributed by atoms with van der Waals surface area (Å²) in [5.74, 6) is 0. The Bertz CT molecular complexity index is 1880. The van der Waals surface area contributed by atoms with E-state index in [0.717, 1.165) is 37.7 Å². The summed E-state index contributed by atoms with van der Waals surface area (Å²) in [5.41, 5.74) is 7.45. The van der Waals surface area contributed by atoms with E-state index >= 15 is 0 Å². The SMILES string of the molecule is Clc1cccc2oc3ccc(-c4cccc5c4c4ccc(Br)cc4n5-c4ccccc4)cc3c12. The number of hydrogen-bond donors (Lipinski definition) is 0. The molecule has 0 saturated carbocycles. The second-order valence-electron chi connectivity index (χ2n) is 8.46. The number of nitrogens with zero attached hydrogens (tertiary/aromatic N) is 1. The molecule has 34 heavy (non-hydrogen) atoms. The molecule has 5 aromatic carbocycles. The van der Waals surface area contributed by atoms with Crippen LogP contribution >= 0.6 is 27.5 Å². The van der Waals surface area contributed by atoms with Crippen molar-refractivity contribution in [1.29, 1.82) is 0 Å². The number of aromatic nitrogens is 1. The maximum absolute atomic E-state index is 6.57. The fourth-order valence-corrected chi connectivity index (χ4v) is 5.70. The van der Waals surface area contributed by atoms with Gasteiger partial charge >= 0.3 is 0 Å². The van der Waals surface area contributed by atoms with E-state index in [-0.39, 0.29) is 0 Å². The zero-order valence-electron chi connectivity index (χ0n) is 17.9. The molecule has 0 fully saturated rings. The quantitative estimate of drug-likeness (QED) is 0.221. The lowest BCUT2D eigenvalue weighted by Crippen LogP contribution is -1.93. The van der Waals surface area contributed by atoms with Crippen LogP contribution in [0.5, 0.6) is 0 Å².